The summed E-state index contributed by atoms with van der Waals surface area (Å²) in [4.78, 5) is 18.7. The van der Waals surface area contributed by atoms with Gasteiger partial charge in [0.05, 0.1) is 31.9 Å². The second-order valence-corrected chi connectivity index (χ2v) is 9.78. The molecule has 1 aromatic carbocycles. The van der Waals surface area contributed by atoms with Gasteiger partial charge in [-0.3, -0.25) is 9.69 Å². The van der Waals surface area contributed by atoms with Crippen LogP contribution in [-0.2, 0) is 16.0 Å². The van der Waals surface area contributed by atoms with E-state index in [2.05, 4.69) is 18.0 Å². The van der Waals surface area contributed by atoms with Gasteiger partial charge in [0.15, 0.2) is 0 Å². The van der Waals surface area contributed by atoms with Crippen molar-refractivity contribution in [2.24, 2.45) is 0 Å². The van der Waals surface area contributed by atoms with Gasteiger partial charge in [-0.25, -0.2) is 0 Å². The van der Waals surface area contributed by atoms with Gasteiger partial charge in [0, 0.05) is 24.0 Å². The fourth-order valence-electron chi connectivity index (χ4n) is 4.02. The molecule has 0 unspecified atom stereocenters. The molecule has 2 aromatic rings. The lowest BCUT2D eigenvalue weighted by molar-refractivity contribution is -0.137. The number of amides is 1. The van der Waals surface area contributed by atoms with Crippen LogP contribution < -0.4 is 4.74 Å². The van der Waals surface area contributed by atoms with Crippen molar-refractivity contribution in [3.8, 4) is 5.75 Å². The summed E-state index contributed by atoms with van der Waals surface area (Å²) >= 11 is 1.75. The fourth-order valence-corrected chi connectivity index (χ4v) is 4.95. The number of thiophene rings is 1. The van der Waals surface area contributed by atoms with E-state index in [0.717, 1.165) is 12.2 Å². The van der Waals surface area contributed by atoms with E-state index in [4.69, 9.17) is 9.47 Å². The van der Waals surface area contributed by atoms with Gasteiger partial charge in [-0.15, -0.1) is 17.9 Å². The average Bonchev–Trinajstić information content (AvgIpc) is 3.27. The normalized spacial score (nSPS) is 16.7. The molecule has 33 heavy (non-hydrogen) atoms. The molecule has 1 N–H and O–H groups in total. The highest BCUT2D eigenvalue weighted by Crippen LogP contribution is 2.34. The Kier molecular flexibility index (Phi) is 9.50. The van der Waals surface area contributed by atoms with E-state index in [1.54, 1.807) is 17.4 Å². The first kappa shape index (κ1) is 25.4. The molecule has 0 fully saturated rings. The molecular weight excluding hydrogens is 436 g/mol. The number of ether oxygens (including phenoxy) is 2. The molecule has 0 aliphatic carbocycles. The zero-order valence-corrected chi connectivity index (χ0v) is 20.7. The van der Waals surface area contributed by atoms with Crippen molar-refractivity contribution in [1.29, 1.82) is 0 Å². The predicted octanol–water partition coefficient (Wildman–Crippen LogP) is 3.84. The van der Waals surface area contributed by atoms with Crippen LogP contribution in [0.5, 0.6) is 5.75 Å². The summed E-state index contributed by atoms with van der Waals surface area (Å²) in [5.74, 6) is 0.860. The molecule has 1 aliphatic rings. The number of carbonyl (C=O) groups excluding carboxylic acids is 1. The molecule has 1 aliphatic heterocycles. The molecule has 0 saturated heterocycles. The number of aliphatic hydroxyl groups excluding tert-OH is 1. The van der Waals surface area contributed by atoms with Crippen molar-refractivity contribution in [2.75, 3.05) is 39.5 Å². The molecule has 1 aromatic heterocycles. The molecular formula is C26H36N2O4S. The van der Waals surface area contributed by atoms with Gasteiger partial charge >= 0.3 is 0 Å². The van der Waals surface area contributed by atoms with Crippen LogP contribution in [0.25, 0.3) is 0 Å². The predicted molar refractivity (Wildman–Crippen MR) is 133 cm³/mol. The number of aryl methyl sites for hydroxylation is 1. The van der Waals surface area contributed by atoms with Crippen molar-refractivity contribution in [3.05, 3.63) is 64.4 Å². The van der Waals surface area contributed by atoms with E-state index in [0.29, 0.717) is 26.3 Å². The fraction of sp³-hybridized carbons (Fsp3) is 0.500. The average molecular weight is 473 g/mol. The molecule has 0 saturated carbocycles. The van der Waals surface area contributed by atoms with Gasteiger partial charge in [0.2, 0.25) is 5.91 Å². The minimum Gasteiger partial charge on any atom is -0.491 e. The number of aliphatic hydroxyl groups is 1. The van der Waals surface area contributed by atoms with Crippen LogP contribution in [0.1, 0.15) is 35.9 Å². The maximum absolute atomic E-state index is 13.5. The molecule has 0 bridgehead atoms. The van der Waals surface area contributed by atoms with E-state index in [1.165, 1.54) is 16.0 Å². The van der Waals surface area contributed by atoms with Crippen LogP contribution >= 0.6 is 11.3 Å². The second kappa shape index (κ2) is 12.3. The number of carbonyl (C=O) groups is 1. The topological polar surface area (TPSA) is 62.2 Å². The van der Waals surface area contributed by atoms with Gasteiger partial charge < -0.3 is 19.5 Å². The third kappa shape index (κ3) is 7.14. The van der Waals surface area contributed by atoms with Crippen molar-refractivity contribution < 1.29 is 19.4 Å². The molecule has 7 heteroatoms. The zero-order valence-electron chi connectivity index (χ0n) is 19.9. The molecule has 180 valence electrons. The highest BCUT2D eigenvalue weighted by atomic mass is 32.1. The summed E-state index contributed by atoms with van der Waals surface area (Å²) in [5.41, 5.74) is 2.36. The van der Waals surface area contributed by atoms with Gasteiger partial charge in [-0.2, -0.15) is 0 Å². The quantitative estimate of drug-likeness (QED) is 0.376. The molecule has 0 spiro atoms. The summed E-state index contributed by atoms with van der Waals surface area (Å²) in [5, 5.41) is 12.5. The Hall–Kier alpha value is -2.19. The summed E-state index contributed by atoms with van der Waals surface area (Å²) in [6, 6.07) is 10.1. The summed E-state index contributed by atoms with van der Waals surface area (Å²) < 4.78 is 11.5. The van der Waals surface area contributed by atoms with E-state index < -0.39 is 6.10 Å². The maximum atomic E-state index is 13.5. The summed E-state index contributed by atoms with van der Waals surface area (Å²) in [6.45, 7) is 12.1. The summed E-state index contributed by atoms with van der Waals surface area (Å²) in [6.07, 6.45) is 1.86. The SMILES string of the molecule is C=CCOC[C@H](O)CN(CC(=O)N1CCc2sccc2[C@@H]1COc1ccc(C)cc1)C(C)C. The maximum Gasteiger partial charge on any atom is 0.237 e. The van der Waals surface area contributed by atoms with Crippen LogP contribution in [-0.4, -0.2) is 72.4 Å². The van der Waals surface area contributed by atoms with Crippen LogP contribution in [0.15, 0.2) is 48.4 Å². The molecule has 2 heterocycles. The van der Waals surface area contributed by atoms with E-state index >= 15 is 0 Å². The Morgan fingerprint density at radius 3 is 2.79 bits per heavy atom. The van der Waals surface area contributed by atoms with Crippen LogP contribution in [0.3, 0.4) is 0 Å². The van der Waals surface area contributed by atoms with Gasteiger partial charge in [0.25, 0.3) is 0 Å². The van der Waals surface area contributed by atoms with Gasteiger partial charge in [-0.1, -0.05) is 23.8 Å². The Morgan fingerprint density at radius 2 is 2.09 bits per heavy atom. The Bertz CT molecular complexity index is 896. The van der Waals surface area contributed by atoms with E-state index in [-0.39, 0.29) is 31.1 Å². The first-order valence-corrected chi connectivity index (χ1v) is 12.4. The van der Waals surface area contributed by atoms with E-state index in [9.17, 15) is 9.90 Å². The molecule has 2 atom stereocenters. The number of hydrogen-bond donors (Lipinski definition) is 1. The number of nitrogens with zero attached hydrogens (tertiary/aromatic N) is 2. The Labute approximate surface area is 201 Å². The third-order valence-corrected chi connectivity index (χ3v) is 6.90. The molecule has 0 radical (unpaired) electrons. The van der Waals surface area contributed by atoms with Crippen molar-refractivity contribution in [2.45, 2.75) is 45.4 Å². The highest BCUT2D eigenvalue weighted by Gasteiger charge is 2.33. The number of rotatable bonds is 12. The number of hydrogen-bond acceptors (Lipinski definition) is 6. The first-order valence-electron chi connectivity index (χ1n) is 11.5. The van der Waals surface area contributed by atoms with Crippen molar-refractivity contribution in [1.82, 2.24) is 9.80 Å². The smallest absolute Gasteiger partial charge is 0.237 e. The standard InChI is InChI=1S/C26H36N2O4S/c1-5-13-31-17-21(29)15-27(19(2)3)16-26(30)28-12-10-25-23(11-14-33-25)24(28)18-32-22-8-6-20(4)7-9-22/h5-9,11,14,19,21,24,29H,1,10,12-13,15-18H2,2-4H3/t21-,24+/m1/s1. The van der Waals surface area contributed by atoms with Gasteiger partial charge in [-0.05, 0) is 56.3 Å². The second-order valence-electron chi connectivity index (χ2n) is 8.78. The lowest BCUT2D eigenvalue weighted by atomic mass is 10.00. The largest absolute Gasteiger partial charge is 0.491 e. The summed E-state index contributed by atoms with van der Waals surface area (Å²) in [7, 11) is 0. The minimum absolute atomic E-state index is 0.0530. The first-order chi connectivity index (χ1) is 15.9. The van der Waals surface area contributed by atoms with Crippen LogP contribution in [0.2, 0.25) is 0 Å². The van der Waals surface area contributed by atoms with E-state index in [1.807, 2.05) is 54.8 Å². The lowest BCUT2D eigenvalue weighted by Crippen LogP contribution is -2.49. The third-order valence-electron chi connectivity index (χ3n) is 5.90. The van der Waals surface area contributed by atoms with Crippen molar-refractivity contribution in [3.63, 3.8) is 0 Å². The van der Waals surface area contributed by atoms with Gasteiger partial charge in [0.1, 0.15) is 12.4 Å². The number of fused-ring (bicyclic) bond motifs is 1. The number of benzene rings is 1. The molecule has 1 amide bonds. The molecule has 6 nitrogen and oxygen atoms in total. The van der Waals surface area contributed by atoms with Crippen LogP contribution in [0.4, 0.5) is 0 Å². The lowest BCUT2D eigenvalue weighted by Gasteiger charge is -2.38. The highest BCUT2D eigenvalue weighted by molar-refractivity contribution is 7.10. The minimum atomic E-state index is -0.661. The Balaban J connectivity index is 1.67. The Morgan fingerprint density at radius 1 is 1.33 bits per heavy atom. The van der Waals surface area contributed by atoms with Crippen molar-refractivity contribution >= 4 is 17.2 Å². The van der Waals surface area contributed by atoms with Crippen LogP contribution in [0, 0.1) is 6.92 Å². The monoisotopic (exact) mass is 472 g/mol. The zero-order chi connectivity index (χ0) is 23.8. The molecule has 3 rings (SSSR count).